The second-order valence-corrected chi connectivity index (χ2v) is 12.2. The molecule has 0 radical (unpaired) electrons. The van der Waals surface area contributed by atoms with E-state index in [2.05, 4.69) is 45.7 Å². The maximum atomic E-state index is 13.1. The molecule has 0 bridgehead atoms. The quantitative estimate of drug-likeness (QED) is 0.530. The summed E-state index contributed by atoms with van der Waals surface area (Å²) in [4.78, 5) is 15.4. The Kier molecular flexibility index (Phi) is 8.36. The van der Waals surface area contributed by atoms with E-state index in [-0.39, 0.29) is 11.0 Å². The lowest BCUT2D eigenvalue weighted by atomic mass is 9.85. The maximum absolute atomic E-state index is 13.1. The average molecular weight is 474 g/mol. The number of carbonyl (C=O) groups is 1. The lowest BCUT2D eigenvalue weighted by molar-refractivity contribution is 0.0547. The van der Waals surface area contributed by atoms with Gasteiger partial charge in [0.1, 0.15) is 5.60 Å². The van der Waals surface area contributed by atoms with Crippen molar-refractivity contribution >= 4 is 29.7 Å². The van der Waals surface area contributed by atoms with Gasteiger partial charge in [0.2, 0.25) is 0 Å². The number of carbonyl (C=O) groups excluding carboxylic acids is 1. The van der Waals surface area contributed by atoms with E-state index >= 15 is 0 Å². The second kappa shape index (κ2) is 10.0. The zero-order chi connectivity index (χ0) is 26.2. The zero-order valence-corrected chi connectivity index (χ0v) is 22.6. The van der Waals surface area contributed by atoms with Crippen molar-refractivity contribution in [3.8, 4) is 0 Å². The molecule has 1 atom stereocenters. The lowest BCUT2D eigenvalue weighted by Gasteiger charge is -2.35. The molecule has 34 heavy (non-hydrogen) atoms. The first-order valence-corrected chi connectivity index (χ1v) is 12.0. The summed E-state index contributed by atoms with van der Waals surface area (Å²) in [5.74, 6) is 0. The molecule has 2 aromatic rings. The fraction of sp³-hybridized carbons (Fsp3) is 0.654. The number of hydrogen-bond acceptors (Lipinski definition) is 6. The summed E-state index contributed by atoms with van der Waals surface area (Å²) < 4.78 is 6.85. The molecule has 0 unspecified atom stereocenters. The van der Waals surface area contributed by atoms with Crippen molar-refractivity contribution in [2.24, 2.45) is 5.41 Å². The largest absolute Gasteiger partial charge is 0.506 e. The van der Waals surface area contributed by atoms with Gasteiger partial charge in [0.05, 0.1) is 16.7 Å². The highest BCUT2D eigenvalue weighted by Crippen LogP contribution is 2.29. The van der Waals surface area contributed by atoms with E-state index in [0.29, 0.717) is 30.9 Å². The summed E-state index contributed by atoms with van der Waals surface area (Å²) in [5, 5.41) is 31.2. The first kappa shape index (κ1) is 28.4. The molecule has 0 spiro atoms. The molecule has 8 heteroatoms. The van der Waals surface area contributed by atoms with Crippen LogP contribution in [0.25, 0.3) is 10.9 Å². The summed E-state index contributed by atoms with van der Waals surface area (Å²) >= 11 is 0. The molecule has 2 rings (SSSR count). The number of ether oxygens (including phenoxy) is 1. The van der Waals surface area contributed by atoms with E-state index in [9.17, 15) is 19.9 Å². The predicted molar refractivity (Wildman–Crippen MR) is 138 cm³/mol. The van der Waals surface area contributed by atoms with Gasteiger partial charge in [-0.3, -0.25) is 9.47 Å². The maximum Gasteiger partial charge on any atom is 0.506 e. The fourth-order valence-electron chi connectivity index (χ4n) is 3.99. The van der Waals surface area contributed by atoms with Gasteiger partial charge in [-0.2, -0.15) is 0 Å². The number of benzene rings is 1. The summed E-state index contributed by atoms with van der Waals surface area (Å²) in [7, 11) is 0.237. The van der Waals surface area contributed by atoms with Crippen LogP contribution in [0.2, 0.25) is 0 Å². The van der Waals surface area contributed by atoms with Gasteiger partial charge in [-0.1, -0.05) is 26.8 Å². The Labute approximate surface area is 204 Å². The summed E-state index contributed by atoms with van der Waals surface area (Å²) in [5.41, 5.74) is 1.06. The van der Waals surface area contributed by atoms with E-state index in [1.165, 1.54) is 4.57 Å². The molecule has 0 saturated heterocycles. The Balaban J connectivity index is 2.68. The van der Waals surface area contributed by atoms with Crippen LogP contribution < -0.4 is 5.59 Å². The number of aryl methyl sites for hydroxylation is 1. The minimum absolute atomic E-state index is 0.0577. The molecule has 0 fully saturated rings. The minimum Gasteiger partial charge on any atom is -0.443 e. The monoisotopic (exact) mass is 474 g/mol. The van der Waals surface area contributed by atoms with Crippen LogP contribution in [0.15, 0.2) is 18.2 Å². The predicted octanol–water partition coefficient (Wildman–Crippen LogP) is 3.67. The average Bonchev–Trinajstić information content (AvgIpc) is 3.02. The molecule has 0 aliphatic carbocycles. The van der Waals surface area contributed by atoms with Gasteiger partial charge in [-0.15, -0.1) is 0 Å². The van der Waals surface area contributed by atoms with Crippen molar-refractivity contribution < 1.29 is 24.7 Å². The Morgan fingerprint density at radius 3 is 2.15 bits per heavy atom. The summed E-state index contributed by atoms with van der Waals surface area (Å²) in [6.45, 7) is 18.3. The zero-order valence-electron chi connectivity index (χ0n) is 22.6. The lowest BCUT2D eigenvalue weighted by Crippen LogP contribution is -2.41. The Morgan fingerprint density at radius 1 is 1.09 bits per heavy atom. The summed E-state index contributed by atoms with van der Waals surface area (Å²) in [6, 6.07) is 5.95. The van der Waals surface area contributed by atoms with E-state index < -0.39 is 24.4 Å². The van der Waals surface area contributed by atoms with Crippen molar-refractivity contribution in [1.82, 2.24) is 9.47 Å². The molecule has 0 aliphatic heterocycles. The van der Waals surface area contributed by atoms with Crippen molar-refractivity contribution in [2.45, 2.75) is 98.9 Å². The van der Waals surface area contributed by atoms with Gasteiger partial charge >= 0.3 is 13.2 Å². The van der Waals surface area contributed by atoms with Gasteiger partial charge in [0.25, 0.3) is 0 Å². The number of hydrogen-bond donors (Lipinski definition) is 3. The highest BCUT2D eigenvalue weighted by atomic mass is 16.6. The Hall–Kier alpha value is -1.87. The Bertz CT molecular complexity index is 1010. The van der Waals surface area contributed by atoms with Crippen LogP contribution in [0, 0.1) is 5.41 Å². The smallest absolute Gasteiger partial charge is 0.443 e. The van der Waals surface area contributed by atoms with Gasteiger partial charge in [0.15, 0.2) is 0 Å². The normalized spacial score (nSPS) is 14.1. The summed E-state index contributed by atoms with van der Waals surface area (Å²) in [6.07, 6.45) is 0.438. The fourth-order valence-corrected chi connectivity index (χ4v) is 3.99. The third kappa shape index (κ3) is 7.31. The van der Waals surface area contributed by atoms with E-state index in [0.717, 1.165) is 16.5 Å². The second-order valence-electron chi connectivity index (χ2n) is 12.2. The van der Waals surface area contributed by atoms with E-state index in [1.54, 1.807) is 40.7 Å². The molecular weight excluding hydrogens is 431 g/mol. The molecule has 0 aliphatic rings. The molecule has 1 aromatic carbocycles. The molecule has 0 saturated carbocycles. The van der Waals surface area contributed by atoms with Crippen LogP contribution >= 0.6 is 0 Å². The number of nitrogens with zero attached hydrogens (tertiary/aromatic N) is 2. The molecule has 3 N–H and O–H groups in total. The van der Waals surface area contributed by atoms with Crippen LogP contribution in [0.5, 0.6) is 0 Å². The first-order chi connectivity index (χ1) is 15.3. The molecule has 190 valence electrons. The van der Waals surface area contributed by atoms with Crippen molar-refractivity contribution in [2.75, 3.05) is 7.05 Å². The topological polar surface area (TPSA) is 95.2 Å². The van der Waals surface area contributed by atoms with Gasteiger partial charge < -0.3 is 19.9 Å². The van der Waals surface area contributed by atoms with Crippen LogP contribution in [-0.2, 0) is 17.7 Å². The minimum atomic E-state index is -1.84. The number of rotatable bonds is 7. The van der Waals surface area contributed by atoms with Gasteiger partial charge in [-0.25, -0.2) is 4.79 Å². The highest BCUT2D eigenvalue weighted by molar-refractivity contribution is 6.59. The molecule has 0 amide bonds. The molecule has 1 heterocycles. The molecule has 7 nitrogen and oxygen atoms in total. The molecular formula is C26H43BN2O5. The van der Waals surface area contributed by atoms with Gasteiger partial charge in [0, 0.05) is 18.0 Å². The number of fused-ring (bicyclic) bond motifs is 1. The first-order valence-electron chi connectivity index (χ1n) is 12.0. The SMILES string of the molecule is C[C@H](N(C)Cc1cc(CCC(C)(C)O)c2cc(B(O)O)n(C(=O)OC(C)(C)C)c2c1)C(C)(C)C. The number of aromatic nitrogens is 1. The third-order valence-corrected chi connectivity index (χ3v) is 6.29. The number of aliphatic hydroxyl groups is 1. The Morgan fingerprint density at radius 2 is 1.68 bits per heavy atom. The standard InChI is InChI=1S/C26H43BN2O5/c1-17(24(2,3)4)28(10)16-18-13-19(11-12-26(8,9)31)20-15-22(27(32)33)29(21(20)14-18)23(30)34-25(5,6)7/h13-15,17,31-33H,11-12,16H2,1-10H3/t17-/m0/s1. The van der Waals surface area contributed by atoms with Crippen LogP contribution in [0.3, 0.4) is 0 Å². The van der Waals surface area contributed by atoms with E-state index in [1.807, 2.05) is 6.07 Å². The van der Waals surface area contributed by atoms with Crippen molar-refractivity contribution in [3.63, 3.8) is 0 Å². The van der Waals surface area contributed by atoms with Crippen LogP contribution in [0.4, 0.5) is 4.79 Å². The van der Waals surface area contributed by atoms with Gasteiger partial charge in [-0.05, 0) is 90.1 Å². The van der Waals surface area contributed by atoms with Crippen LogP contribution in [-0.4, -0.2) is 62.1 Å². The van der Waals surface area contributed by atoms with E-state index in [4.69, 9.17) is 4.74 Å². The van der Waals surface area contributed by atoms with Crippen LogP contribution in [0.1, 0.15) is 79.9 Å². The van der Waals surface area contributed by atoms with Crippen molar-refractivity contribution in [3.05, 3.63) is 29.3 Å². The molecule has 1 aromatic heterocycles. The highest BCUT2D eigenvalue weighted by Gasteiger charge is 2.29. The third-order valence-electron chi connectivity index (χ3n) is 6.29. The van der Waals surface area contributed by atoms with Crippen molar-refractivity contribution in [1.29, 1.82) is 0 Å².